The number of methoxy groups -OCH3 is 1. The molecule has 0 bridgehead atoms. The molecule has 12 heteroatoms. The molecule has 2 N–H and O–H groups in total. The highest BCUT2D eigenvalue weighted by Gasteiger charge is 2.63. The molecule has 0 radical (unpaired) electrons. The van der Waals surface area contributed by atoms with E-state index in [1.807, 2.05) is 0 Å². The average molecular weight is 453 g/mol. The van der Waals surface area contributed by atoms with Crippen molar-refractivity contribution >= 4 is 23.4 Å². The molecule has 2 aromatic heterocycles. The van der Waals surface area contributed by atoms with Gasteiger partial charge >= 0.3 is 6.18 Å². The van der Waals surface area contributed by atoms with Crippen molar-refractivity contribution in [1.82, 2.24) is 19.7 Å². The summed E-state index contributed by atoms with van der Waals surface area (Å²) in [6.07, 6.45) is -1.15. The van der Waals surface area contributed by atoms with Crippen LogP contribution < -0.4 is 15.5 Å². The van der Waals surface area contributed by atoms with Gasteiger partial charge in [-0.15, -0.1) is 0 Å². The molecule has 0 spiro atoms. The third-order valence-electron chi connectivity index (χ3n) is 6.21. The minimum absolute atomic E-state index is 0.138. The number of halogens is 3. The van der Waals surface area contributed by atoms with Crippen LogP contribution in [0.4, 0.5) is 30.6 Å². The van der Waals surface area contributed by atoms with Gasteiger partial charge in [-0.1, -0.05) is 0 Å². The summed E-state index contributed by atoms with van der Waals surface area (Å²) in [6, 6.07) is -0.545. The van der Waals surface area contributed by atoms with Gasteiger partial charge in [0.05, 0.1) is 30.0 Å². The Labute approximate surface area is 183 Å². The van der Waals surface area contributed by atoms with Crippen LogP contribution in [0.2, 0.25) is 0 Å². The van der Waals surface area contributed by atoms with Gasteiger partial charge in [0.2, 0.25) is 11.9 Å². The molecule has 1 aliphatic carbocycles. The molecule has 0 saturated heterocycles. The van der Waals surface area contributed by atoms with Crippen LogP contribution >= 0.6 is 0 Å². The van der Waals surface area contributed by atoms with E-state index >= 15 is 0 Å². The molecule has 4 rings (SSSR count). The van der Waals surface area contributed by atoms with E-state index in [9.17, 15) is 18.0 Å². The molecule has 2 aromatic rings. The van der Waals surface area contributed by atoms with E-state index in [1.54, 1.807) is 39.1 Å². The summed E-state index contributed by atoms with van der Waals surface area (Å²) in [6.45, 7) is 3.70. The van der Waals surface area contributed by atoms with Crippen LogP contribution in [0.5, 0.6) is 0 Å². The first-order valence-corrected chi connectivity index (χ1v) is 10.3. The second kappa shape index (κ2) is 7.91. The van der Waals surface area contributed by atoms with Gasteiger partial charge < -0.3 is 20.3 Å². The topological polar surface area (TPSA) is 97.2 Å². The Morgan fingerprint density at radius 1 is 1.38 bits per heavy atom. The van der Waals surface area contributed by atoms with Crippen molar-refractivity contribution in [3.8, 4) is 0 Å². The Morgan fingerprint density at radius 3 is 2.72 bits per heavy atom. The van der Waals surface area contributed by atoms with E-state index in [2.05, 4.69) is 25.7 Å². The van der Waals surface area contributed by atoms with Crippen molar-refractivity contribution in [1.29, 1.82) is 0 Å². The zero-order chi connectivity index (χ0) is 23.3. The predicted octanol–water partition coefficient (Wildman–Crippen LogP) is 2.73. The number of hydrogen-bond donors (Lipinski definition) is 2. The third-order valence-corrected chi connectivity index (χ3v) is 6.21. The van der Waals surface area contributed by atoms with Crippen LogP contribution in [0.3, 0.4) is 0 Å². The Hall–Kier alpha value is -2.89. The first kappa shape index (κ1) is 22.3. The van der Waals surface area contributed by atoms with Crippen LogP contribution in [-0.4, -0.2) is 58.1 Å². The fourth-order valence-corrected chi connectivity index (χ4v) is 3.96. The molecule has 2 atom stereocenters. The maximum absolute atomic E-state index is 13.2. The van der Waals surface area contributed by atoms with E-state index in [4.69, 9.17) is 4.74 Å². The molecular weight excluding hydrogens is 427 g/mol. The first-order valence-electron chi connectivity index (χ1n) is 10.3. The number of aromatic nitrogens is 4. The second-order valence-electron chi connectivity index (χ2n) is 8.49. The molecule has 0 aromatic carbocycles. The number of alkyl halides is 3. The monoisotopic (exact) mass is 453 g/mol. The smallest absolute Gasteiger partial charge is 0.379 e. The molecule has 3 heterocycles. The molecule has 174 valence electrons. The SMILES string of the molecule is CO[C@H](C)[C@H]1C(=O)Nc2c(C)nc(NCc3cnn(CC4(C(F)(F)F)CC4)c3)nc2N1C. The molecule has 0 unspecified atom stereocenters. The van der Waals surface area contributed by atoms with E-state index in [0.29, 0.717) is 29.7 Å². The highest BCUT2D eigenvalue weighted by atomic mass is 19.4. The van der Waals surface area contributed by atoms with Crippen LogP contribution in [0.1, 0.15) is 31.0 Å². The van der Waals surface area contributed by atoms with Crippen LogP contribution in [0.25, 0.3) is 0 Å². The lowest BCUT2D eigenvalue weighted by atomic mass is 10.1. The number of likely N-dealkylation sites (N-methyl/N-ethyl adjacent to an activating group) is 1. The normalized spacial score (nSPS) is 20.5. The van der Waals surface area contributed by atoms with Crippen LogP contribution in [-0.2, 0) is 22.6 Å². The minimum atomic E-state index is -4.22. The minimum Gasteiger partial charge on any atom is -0.379 e. The summed E-state index contributed by atoms with van der Waals surface area (Å²) < 4.78 is 46.2. The molecule has 2 aliphatic rings. The zero-order valence-electron chi connectivity index (χ0n) is 18.3. The van der Waals surface area contributed by atoms with E-state index in [-0.39, 0.29) is 31.4 Å². The summed E-state index contributed by atoms with van der Waals surface area (Å²) >= 11 is 0. The molecule has 1 amide bonds. The largest absolute Gasteiger partial charge is 0.396 e. The number of anilines is 3. The van der Waals surface area contributed by atoms with Gasteiger partial charge in [0.15, 0.2) is 5.82 Å². The van der Waals surface area contributed by atoms with Gasteiger partial charge in [-0.3, -0.25) is 9.48 Å². The highest BCUT2D eigenvalue weighted by molar-refractivity contribution is 6.03. The zero-order valence-corrected chi connectivity index (χ0v) is 18.3. The Kier molecular flexibility index (Phi) is 5.51. The summed E-state index contributed by atoms with van der Waals surface area (Å²) in [4.78, 5) is 23.2. The van der Waals surface area contributed by atoms with Gasteiger partial charge in [0.1, 0.15) is 11.7 Å². The Morgan fingerprint density at radius 2 is 2.09 bits per heavy atom. The van der Waals surface area contributed by atoms with Gasteiger partial charge in [-0.25, -0.2) is 4.98 Å². The van der Waals surface area contributed by atoms with Crippen LogP contribution in [0.15, 0.2) is 12.4 Å². The Balaban J connectivity index is 1.47. The summed E-state index contributed by atoms with van der Waals surface area (Å²) in [7, 11) is 3.31. The van der Waals surface area contributed by atoms with Crippen molar-refractivity contribution in [2.45, 2.75) is 58.1 Å². The Bertz CT molecular complexity index is 1020. The lowest BCUT2D eigenvalue weighted by Crippen LogP contribution is -2.53. The first-order chi connectivity index (χ1) is 15.0. The number of carbonyl (C=O) groups is 1. The van der Waals surface area contributed by atoms with Crippen LogP contribution in [0, 0.1) is 12.3 Å². The molecular formula is C20H26F3N7O2. The molecule has 32 heavy (non-hydrogen) atoms. The summed E-state index contributed by atoms with van der Waals surface area (Å²) in [5, 5.41) is 10.0. The van der Waals surface area contributed by atoms with Gasteiger partial charge in [0.25, 0.3) is 0 Å². The van der Waals surface area contributed by atoms with Crippen molar-refractivity contribution in [2.24, 2.45) is 5.41 Å². The van der Waals surface area contributed by atoms with Gasteiger partial charge in [0, 0.05) is 32.5 Å². The summed E-state index contributed by atoms with van der Waals surface area (Å²) in [5.74, 6) is 0.710. The predicted molar refractivity (Wildman–Crippen MR) is 111 cm³/mol. The van der Waals surface area contributed by atoms with E-state index in [1.165, 1.54) is 10.9 Å². The molecule has 9 nitrogen and oxygen atoms in total. The summed E-state index contributed by atoms with van der Waals surface area (Å²) in [5.41, 5.74) is 0.206. The number of rotatable bonds is 7. The average Bonchev–Trinajstić information content (AvgIpc) is 3.38. The third kappa shape index (κ3) is 3.98. The number of amides is 1. The second-order valence-corrected chi connectivity index (χ2v) is 8.49. The number of ether oxygens (including phenoxy) is 1. The number of carbonyl (C=O) groups excluding carboxylic acids is 1. The quantitative estimate of drug-likeness (QED) is 0.665. The molecule has 1 fully saturated rings. The van der Waals surface area contributed by atoms with Gasteiger partial charge in [-0.2, -0.15) is 23.3 Å². The fraction of sp³-hybridized carbons (Fsp3) is 0.600. The lowest BCUT2D eigenvalue weighted by Gasteiger charge is -2.37. The number of nitrogens with zero attached hydrogens (tertiary/aromatic N) is 5. The number of nitrogens with one attached hydrogen (secondary N) is 2. The number of aryl methyl sites for hydroxylation is 1. The lowest BCUT2D eigenvalue weighted by molar-refractivity contribution is -0.191. The highest BCUT2D eigenvalue weighted by Crippen LogP contribution is 2.58. The maximum Gasteiger partial charge on any atom is 0.396 e. The standard InChI is InChI=1S/C20H26F3N7O2/c1-11-14-16(29(3)15(12(2)32-4)17(31)27-14)28-18(26-11)24-7-13-8-25-30(9-13)10-19(5-6-19)20(21,22)23/h8-9,12,15H,5-7,10H2,1-4H3,(H,27,31)(H,24,26,28)/t12-,15+/m1/s1. The number of hydrogen-bond acceptors (Lipinski definition) is 7. The fourth-order valence-electron chi connectivity index (χ4n) is 3.96. The van der Waals surface area contributed by atoms with Crippen molar-refractivity contribution in [2.75, 3.05) is 29.7 Å². The number of fused-ring (bicyclic) bond motifs is 1. The van der Waals surface area contributed by atoms with Gasteiger partial charge in [-0.05, 0) is 26.7 Å². The van der Waals surface area contributed by atoms with Crippen molar-refractivity contribution in [3.63, 3.8) is 0 Å². The maximum atomic E-state index is 13.2. The molecule has 1 saturated carbocycles. The molecule has 1 aliphatic heterocycles. The van der Waals surface area contributed by atoms with E-state index < -0.39 is 17.6 Å². The van der Waals surface area contributed by atoms with E-state index in [0.717, 1.165) is 5.56 Å². The van der Waals surface area contributed by atoms with Crippen molar-refractivity contribution in [3.05, 3.63) is 23.7 Å². The van der Waals surface area contributed by atoms with Crippen molar-refractivity contribution < 1.29 is 22.7 Å².